The van der Waals surface area contributed by atoms with Crippen LogP contribution < -0.4 is 5.32 Å². The fourth-order valence-electron chi connectivity index (χ4n) is 2.29. The van der Waals surface area contributed by atoms with Gasteiger partial charge in [0, 0.05) is 12.1 Å². The van der Waals surface area contributed by atoms with Crippen molar-refractivity contribution in [3.63, 3.8) is 0 Å². The number of hydrogen-bond donors (Lipinski definition) is 2. The van der Waals surface area contributed by atoms with Crippen LogP contribution in [0.2, 0.25) is 0 Å². The van der Waals surface area contributed by atoms with Gasteiger partial charge in [-0.1, -0.05) is 30.3 Å². The van der Waals surface area contributed by atoms with Gasteiger partial charge in [-0.05, 0) is 31.7 Å². The summed E-state index contributed by atoms with van der Waals surface area (Å²) in [6.07, 6.45) is 3.02. The fourth-order valence-corrected chi connectivity index (χ4v) is 2.29. The molecule has 2 N–H and O–H groups in total. The maximum atomic E-state index is 9.72. The van der Waals surface area contributed by atoms with Crippen LogP contribution in [0.3, 0.4) is 0 Å². The Morgan fingerprint density at radius 2 is 2.00 bits per heavy atom. The largest absolute Gasteiger partial charge is 0.392 e. The van der Waals surface area contributed by atoms with E-state index in [2.05, 4.69) is 36.5 Å². The molecule has 1 saturated carbocycles. The highest BCUT2D eigenvalue weighted by Gasteiger charge is 2.26. The summed E-state index contributed by atoms with van der Waals surface area (Å²) in [6, 6.07) is 11.0. The molecule has 0 aliphatic heterocycles. The van der Waals surface area contributed by atoms with Crippen molar-refractivity contribution < 1.29 is 5.11 Å². The van der Waals surface area contributed by atoms with E-state index in [1.54, 1.807) is 0 Å². The monoisotopic (exact) mass is 205 g/mol. The molecule has 1 aromatic rings. The summed E-state index contributed by atoms with van der Waals surface area (Å²) in [5, 5.41) is 13.2. The van der Waals surface area contributed by atoms with Gasteiger partial charge in [0.15, 0.2) is 0 Å². The predicted octanol–water partition coefficient (Wildman–Crippen LogP) is 2.25. The minimum Gasteiger partial charge on any atom is -0.392 e. The van der Waals surface area contributed by atoms with Gasteiger partial charge in [0.05, 0.1) is 6.10 Å². The van der Waals surface area contributed by atoms with Crippen LogP contribution in [0.15, 0.2) is 30.3 Å². The van der Waals surface area contributed by atoms with E-state index in [4.69, 9.17) is 0 Å². The smallest absolute Gasteiger partial charge is 0.0693 e. The molecule has 0 spiro atoms. The molecule has 82 valence electrons. The second-order valence-corrected chi connectivity index (χ2v) is 4.40. The van der Waals surface area contributed by atoms with E-state index in [9.17, 15) is 5.11 Å². The van der Waals surface area contributed by atoms with Gasteiger partial charge in [-0.25, -0.2) is 0 Å². The molecule has 2 heteroatoms. The van der Waals surface area contributed by atoms with Crippen LogP contribution in [0.25, 0.3) is 0 Å². The van der Waals surface area contributed by atoms with E-state index in [1.807, 2.05) is 6.07 Å². The average molecular weight is 205 g/mol. The Morgan fingerprint density at radius 1 is 1.27 bits per heavy atom. The minimum absolute atomic E-state index is 0.156. The van der Waals surface area contributed by atoms with Crippen molar-refractivity contribution in [3.05, 3.63) is 35.9 Å². The van der Waals surface area contributed by atoms with Crippen LogP contribution >= 0.6 is 0 Å². The number of benzene rings is 1. The molecule has 0 amide bonds. The molecule has 1 aliphatic rings. The Kier molecular flexibility index (Phi) is 3.39. The Labute approximate surface area is 91.3 Å². The molecule has 0 heterocycles. The lowest BCUT2D eigenvalue weighted by atomic mass is 10.1. The van der Waals surface area contributed by atoms with E-state index >= 15 is 0 Å². The lowest BCUT2D eigenvalue weighted by Gasteiger charge is -2.22. The normalized spacial score (nSPS) is 27.9. The van der Waals surface area contributed by atoms with Gasteiger partial charge in [0.25, 0.3) is 0 Å². The summed E-state index contributed by atoms with van der Waals surface area (Å²) in [5.74, 6) is 0. The summed E-state index contributed by atoms with van der Waals surface area (Å²) >= 11 is 0. The fraction of sp³-hybridized carbons (Fsp3) is 0.538. The van der Waals surface area contributed by atoms with Crippen molar-refractivity contribution >= 4 is 0 Å². The van der Waals surface area contributed by atoms with Crippen molar-refractivity contribution in [2.75, 3.05) is 0 Å². The molecule has 0 aromatic heterocycles. The van der Waals surface area contributed by atoms with Crippen LogP contribution in [0.4, 0.5) is 0 Å². The topological polar surface area (TPSA) is 32.3 Å². The summed E-state index contributed by atoms with van der Waals surface area (Å²) in [4.78, 5) is 0. The second kappa shape index (κ2) is 4.77. The molecule has 3 atom stereocenters. The molecular weight excluding hydrogens is 186 g/mol. The first-order valence-corrected chi connectivity index (χ1v) is 5.76. The molecule has 0 bridgehead atoms. The van der Waals surface area contributed by atoms with Crippen LogP contribution in [0.1, 0.15) is 37.8 Å². The Morgan fingerprint density at radius 3 is 2.60 bits per heavy atom. The third-order valence-corrected chi connectivity index (χ3v) is 3.24. The lowest BCUT2D eigenvalue weighted by Crippen LogP contribution is -2.37. The number of rotatable bonds is 3. The molecular formula is C13H19NO. The summed E-state index contributed by atoms with van der Waals surface area (Å²) in [5.41, 5.74) is 1.29. The number of aliphatic hydroxyl groups is 1. The standard InChI is InChI=1S/C13H19NO/c1-10(11-6-3-2-4-7-11)14-12-8-5-9-13(12)15/h2-4,6-7,10,12-15H,5,8-9H2,1H3/t10-,12?,13?/m1/s1. The predicted molar refractivity (Wildman–Crippen MR) is 61.6 cm³/mol. The van der Waals surface area contributed by atoms with Gasteiger partial charge >= 0.3 is 0 Å². The first-order chi connectivity index (χ1) is 7.27. The molecule has 1 aromatic carbocycles. The molecule has 15 heavy (non-hydrogen) atoms. The van der Waals surface area contributed by atoms with Gasteiger partial charge in [0.1, 0.15) is 0 Å². The van der Waals surface area contributed by atoms with Crippen molar-refractivity contribution in [2.45, 2.75) is 44.4 Å². The van der Waals surface area contributed by atoms with Crippen molar-refractivity contribution in [1.82, 2.24) is 5.32 Å². The van der Waals surface area contributed by atoms with Gasteiger partial charge in [-0.15, -0.1) is 0 Å². The Bertz CT molecular complexity index is 299. The molecule has 1 aliphatic carbocycles. The molecule has 1 fully saturated rings. The van der Waals surface area contributed by atoms with Crippen molar-refractivity contribution in [1.29, 1.82) is 0 Å². The third-order valence-electron chi connectivity index (χ3n) is 3.24. The lowest BCUT2D eigenvalue weighted by molar-refractivity contribution is 0.144. The number of aliphatic hydroxyl groups excluding tert-OH is 1. The molecule has 0 radical (unpaired) electrons. The highest BCUT2D eigenvalue weighted by molar-refractivity contribution is 5.18. The zero-order valence-electron chi connectivity index (χ0n) is 9.19. The molecule has 2 unspecified atom stereocenters. The van der Waals surface area contributed by atoms with Crippen molar-refractivity contribution in [3.8, 4) is 0 Å². The molecule has 2 rings (SSSR count). The zero-order valence-corrected chi connectivity index (χ0v) is 9.19. The van der Waals surface area contributed by atoms with E-state index in [0.29, 0.717) is 6.04 Å². The summed E-state index contributed by atoms with van der Waals surface area (Å²) < 4.78 is 0. The second-order valence-electron chi connectivity index (χ2n) is 4.40. The van der Waals surface area contributed by atoms with E-state index in [-0.39, 0.29) is 12.1 Å². The van der Waals surface area contributed by atoms with Crippen molar-refractivity contribution in [2.24, 2.45) is 0 Å². The highest BCUT2D eigenvalue weighted by Crippen LogP contribution is 2.22. The highest BCUT2D eigenvalue weighted by atomic mass is 16.3. The maximum Gasteiger partial charge on any atom is 0.0693 e. The minimum atomic E-state index is -0.156. The van der Waals surface area contributed by atoms with Crippen LogP contribution in [-0.2, 0) is 0 Å². The van der Waals surface area contributed by atoms with Crippen LogP contribution in [0.5, 0.6) is 0 Å². The zero-order chi connectivity index (χ0) is 10.7. The van der Waals surface area contributed by atoms with E-state index in [1.165, 1.54) is 5.56 Å². The first-order valence-electron chi connectivity index (χ1n) is 5.76. The molecule has 2 nitrogen and oxygen atoms in total. The molecule has 0 saturated heterocycles. The maximum absolute atomic E-state index is 9.72. The van der Waals surface area contributed by atoms with Crippen LogP contribution in [-0.4, -0.2) is 17.3 Å². The summed E-state index contributed by atoms with van der Waals surface area (Å²) in [7, 11) is 0. The number of nitrogens with one attached hydrogen (secondary N) is 1. The van der Waals surface area contributed by atoms with E-state index in [0.717, 1.165) is 19.3 Å². The summed E-state index contributed by atoms with van der Waals surface area (Å²) in [6.45, 7) is 2.15. The third kappa shape index (κ3) is 2.58. The first kappa shape index (κ1) is 10.7. The Balaban J connectivity index is 1.95. The van der Waals surface area contributed by atoms with Gasteiger partial charge in [-0.3, -0.25) is 0 Å². The van der Waals surface area contributed by atoms with E-state index < -0.39 is 0 Å². The SMILES string of the molecule is C[C@@H](NC1CCCC1O)c1ccccc1. The van der Waals surface area contributed by atoms with Gasteiger partial charge in [-0.2, -0.15) is 0 Å². The van der Waals surface area contributed by atoms with Crippen LogP contribution in [0, 0.1) is 0 Å². The Hall–Kier alpha value is -0.860. The van der Waals surface area contributed by atoms with Gasteiger partial charge < -0.3 is 10.4 Å². The van der Waals surface area contributed by atoms with Gasteiger partial charge in [0.2, 0.25) is 0 Å². The quantitative estimate of drug-likeness (QED) is 0.793. The average Bonchev–Trinajstić information content (AvgIpc) is 2.66. The number of hydrogen-bond acceptors (Lipinski definition) is 2.